The molecule has 1 N–H and O–H groups in total. The summed E-state index contributed by atoms with van der Waals surface area (Å²) in [6.45, 7) is 1.97. The van der Waals surface area contributed by atoms with Crippen LogP contribution in [-0.2, 0) is 9.47 Å². The molecule has 1 saturated heterocycles. The minimum atomic E-state index is -0.591. The standard InChI is InChI=1S/C15H19NO5/c1-16(8-10-3-4-21-9-10)14(18)11-5-12(15(19)20-2)7-13(17)6-11/h5-7,10,17H,3-4,8-9H2,1-2H3. The van der Waals surface area contributed by atoms with Gasteiger partial charge in [0.1, 0.15) is 5.75 Å². The van der Waals surface area contributed by atoms with Crippen LogP contribution in [0.25, 0.3) is 0 Å². The number of phenolic OH excluding ortho intramolecular Hbond substituents is 1. The zero-order chi connectivity index (χ0) is 15.4. The maximum absolute atomic E-state index is 12.4. The highest BCUT2D eigenvalue weighted by atomic mass is 16.5. The lowest BCUT2D eigenvalue weighted by Crippen LogP contribution is -2.32. The molecule has 0 aliphatic carbocycles. The van der Waals surface area contributed by atoms with Gasteiger partial charge in [0.15, 0.2) is 0 Å². The summed E-state index contributed by atoms with van der Waals surface area (Å²) in [7, 11) is 2.95. The highest BCUT2D eigenvalue weighted by molar-refractivity contribution is 5.98. The van der Waals surface area contributed by atoms with Gasteiger partial charge in [-0.3, -0.25) is 4.79 Å². The van der Waals surface area contributed by atoms with Crippen molar-refractivity contribution in [1.29, 1.82) is 0 Å². The van der Waals surface area contributed by atoms with Crippen molar-refractivity contribution >= 4 is 11.9 Å². The molecule has 2 rings (SSSR count). The molecule has 1 aromatic carbocycles. The Labute approximate surface area is 123 Å². The molecular weight excluding hydrogens is 274 g/mol. The van der Waals surface area contributed by atoms with E-state index in [0.29, 0.717) is 19.1 Å². The molecule has 1 fully saturated rings. The summed E-state index contributed by atoms with van der Waals surface area (Å²) < 4.78 is 9.89. The van der Waals surface area contributed by atoms with E-state index in [1.807, 2.05) is 0 Å². The van der Waals surface area contributed by atoms with Gasteiger partial charge in [-0.15, -0.1) is 0 Å². The Morgan fingerprint density at radius 3 is 2.71 bits per heavy atom. The first-order chi connectivity index (χ1) is 10.0. The van der Waals surface area contributed by atoms with Gasteiger partial charge in [-0.05, 0) is 24.6 Å². The minimum absolute atomic E-state index is 0.140. The average Bonchev–Trinajstić information content (AvgIpc) is 2.97. The number of rotatable bonds is 4. The van der Waals surface area contributed by atoms with Crippen molar-refractivity contribution in [3.63, 3.8) is 0 Å². The first-order valence-corrected chi connectivity index (χ1v) is 6.77. The Hall–Kier alpha value is -2.08. The molecule has 6 nitrogen and oxygen atoms in total. The second kappa shape index (κ2) is 6.58. The summed E-state index contributed by atoms with van der Waals surface area (Å²) in [5.74, 6) is -0.648. The van der Waals surface area contributed by atoms with Crippen LogP contribution in [0.1, 0.15) is 27.1 Å². The molecule has 1 amide bonds. The summed E-state index contributed by atoms with van der Waals surface area (Å²) in [6, 6.07) is 4.04. The van der Waals surface area contributed by atoms with Crippen LogP contribution in [0, 0.1) is 5.92 Å². The lowest BCUT2D eigenvalue weighted by atomic mass is 10.1. The Balaban J connectivity index is 2.13. The van der Waals surface area contributed by atoms with Crippen LogP contribution < -0.4 is 0 Å². The molecule has 114 valence electrons. The molecule has 6 heteroatoms. The fourth-order valence-electron chi connectivity index (χ4n) is 2.39. The summed E-state index contributed by atoms with van der Waals surface area (Å²) in [6.07, 6.45) is 0.936. The molecule has 0 aromatic heterocycles. The van der Waals surface area contributed by atoms with Gasteiger partial charge in [-0.25, -0.2) is 4.79 Å². The lowest BCUT2D eigenvalue weighted by molar-refractivity contribution is 0.0600. The van der Waals surface area contributed by atoms with Crippen LogP contribution in [0.15, 0.2) is 18.2 Å². The van der Waals surface area contributed by atoms with Crippen molar-refractivity contribution in [2.75, 3.05) is 33.9 Å². The van der Waals surface area contributed by atoms with Crippen molar-refractivity contribution in [3.05, 3.63) is 29.3 Å². The molecule has 1 unspecified atom stereocenters. The largest absolute Gasteiger partial charge is 0.508 e. The number of methoxy groups -OCH3 is 1. The van der Waals surface area contributed by atoms with Gasteiger partial charge in [0.2, 0.25) is 0 Å². The van der Waals surface area contributed by atoms with Gasteiger partial charge in [-0.1, -0.05) is 0 Å². The third kappa shape index (κ3) is 3.72. The van der Waals surface area contributed by atoms with E-state index < -0.39 is 5.97 Å². The molecule has 1 atom stereocenters. The molecule has 1 aliphatic rings. The quantitative estimate of drug-likeness (QED) is 0.846. The van der Waals surface area contributed by atoms with Crippen molar-refractivity contribution < 1.29 is 24.2 Å². The highest BCUT2D eigenvalue weighted by Gasteiger charge is 2.22. The van der Waals surface area contributed by atoms with Gasteiger partial charge in [0, 0.05) is 31.7 Å². The Morgan fingerprint density at radius 1 is 1.38 bits per heavy atom. The number of benzene rings is 1. The van der Waals surface area contributed by atoms with E-state index in [4.69, 9.17) is 4.74 Å². The van der Waals surface area contributed by atoms with Crippen LogP contribution >= 0.6 is 0 Å². The zero-order valence-corrected chi connectivity index (χ0v) is 12.2. The van der Waals surface area contributed by atoms with Gasteiger partial charge < -0.3 is 19.5 Å². The van der Waals surface area contributed by atoms with Crippen LogP contribution in [0.2, 0.25) is 0 Å². The Kier molecular flexibility index (Phi) is 4.80. The number of esters is 1. The third-order valence-corrected chi connectivity index (χ3v) is 3.49. The minimum Gasteiger partial charge on any atom is -0.508 e. The Morgan fingerprint density at radius 2 is 2.10 bits per heavy atom. The summed E-state index contributed by atoms with van der Waals surface area (Å²) in [5, 5.41) is 9.65. The predicted octanol–water partition coefficient (Wildman–Crippen LogP) is 1.29. The molecule has 1 aromatic rings. The second-order valence-electron chi connectivity index (χ2n) is 5.18. The fraction of sp³-hybridized carbons (Fsp3) is 0.467. The van der Waals surface area contributed by atoms with E-state index in [9.17, 15) is 14.7 Å². The molecular formula is C15H19NO5. The number of ether oxygens (including phenoxy) is 2. The summed E-state index contributed by atoms with van der Waals surface area (Å²) in [4.78, 5) is 25.5. The third-order valence-electron chi connectivity index (χ3n) is 3.49. The van der Waals surface area contributed by atoms with Crippen LogP contribution in [0.3, 0.4) is 0 Å². The number of phenols is 1. The molecule has 0 radical (unpaired) electrons. The van der Waals surface area contributed by atoms with E-state index >= 15 is 0 Å². The number of amides is 1. The van der Waals surface area contributed by atoms with Crippen LogP contribution in [-0.4, -0.2) is 55.8 Å². The van der Waals surface area contributed by atoms with Gasteiger partial charge >= 0.3 is 5.97 Å². The monoisotopic (exact) mass is 293 g/mol. The lowest BCUT2D eigenvalue weighted by Gasteiger charge is -2.20. The predicted molar refractivity (Wildman–Crippen MR) is 75.3 cm³/mol. The van der Waals surface area contributed by atoms with Gasteiger partial charge in [0.25, 0.3) is 5.91 Å². The molecule has 21 heavy (non-hydrogen) atoms. The van der Waals surface area contributed by atoms with Crippen LogP contribution in [0.5, 0.6) is 5.75 Å². The van der Waals surface area contributed by atoms with E-state index in [0.717, 1.165) is 13.0 Å². The topological polar surface area (TPSA) is 76.1 Å². The van der Waals surface area contributed by atoms with E-state index in [2.05, 4.69) is 4.74 Å². The number of aromatic hydroxyl groups is 1. The first-order valence-electron chi connectivity index (χ1n) is 6.77. The van der Waals surface area contributed by atoms with E-state index in [-0.39, 0.29) is 22.8 Å². The molecule has 1 aliphatic heterocycles. The fourth-order valence-corrected chi connectivity index (χ4v) is 2.39. The second-order valence-corrected chi connectivity index (χ2v) is 5.18. The molecule has 0 spiro atoms. The highest BCUT2D eigenvalue weighted by Crippen LogP contribution is 2.19. The normalized spacial score (nSPS) is 17.5. The van der Waals surface area contributed by atoms with Gasteiger partial charge in [0.05, 0.1) is 19.3 Å². The SMILES string of the molecule is COC(=O)c1cc(O)cc(C(=O)N(C)CC2CCOC2)c1. The van der Waals surface area contributed by atoms with E-state index in [1.54, 1.807) is 11.9 Å². The van der Waals surface area contributed by atoms with Crippen molar-refractivity contribution in [2.45, 2.75) is 6.42 Å². The van der Waals surface area contributed by atoms with Crippen molar-refractivity contribution in [2.24, 2.45) is 5.92 Å². The number of nitrogens with zero attached hydrogens (tertiary/aromatic N) is 1. The summed E-state index contributed by atoms with van der Waals surface area (Å²) >= 11 is 0. The van der Waals surface area contributed by atoms with Crippen molar-refractivity contribution in [1.82, 2.24) is 4.90 Å². The number of hydrogen-bond acceptors (Lipinski definition) is 5. The Bertz CT molecular complexity index is 537. The van der Waals surface area contributed by atoms with Gasteiger partial charge in [-0.2, -0.15) is 0 Å². The maximum atomic E-state index is 12.4. The number of hydrogen-bond donors (Lipinski definition) is 1. The van der Waals surface area contributed by atoms with Crippen molar-refractivity contribution in [3.8, 4) is 5.75 Å². The molecule has 1 heterocycles. The molecule has 0 bridgehead atoms. The van der Waals surface area contributed by atoms with E-state index in [1.165, 1.54) is 25.3 Å². The average molecular weight is 293 g/mol. The first kappa shape index (κ1) is 15.3. The number of carbonyl (C=O) groups excluding carboxylic acids is 2. The number of carbonyl (C=O) groups is 2. The maximum Gasteiger partial charge on any atom is 0.338 e. The summed E-state index contributed by atoms with van der Waals surface area (Å²) in [5.41, 5.74) is 0.412. The zero-order valence-electron chi connectivity index (χ0n) is 12.2. The van der Waals surface area contributed by atoms with Crippen LogP contribution in [0.4, 0.5) is 0 Å². The molecule has 0 saturated carbocycles. The smallest absolute Gasteiger partial charge is 0.338 e.